The molecule has 0 radical (unpaired) electrons. The number of ether oxygens (including phenoxy) is 1. The molecule has 0 saturated carbocycles. The summed E-state index contributed by atoms with van der Waals surface area (Å²) >= 11 is 3.08. The Morgan fingerprint density at radius 1 is 1.60 bits per heavy atom. The number of hydrogen-bond acceptors (Lipinski definition) is 4. The summed E-state index contributed by atoms with van der Waals surface area (Å²) in [7, 11) is 1.39. The first-order valence-electron chi connectivity index (χ1n) is 4.17. The predicted octanol–water partition coefficient (Wildman–Crippen LogP) is 1.74. The molecular weight excluding hydrogens is 269 g/mol. The SMILES string of the molecule is COc1c(Br)cc(F)c(CCON)c1O. The molecule has 0 aliphatic rings. The normalized spacial score (nSPS) is 10.4. The van der Waals surface area contributed by atoms with Gasteiger partial charge in [-0.15, -0.1) is 0 Å². The molecule has 1 rings (SSSR count). The smallest absolute Gasteiger partial charge is 0.175 e. The van der Waals surface area contributed by atoms with Crippen LogP contribution in [-0.2, 0) is 11.3 Å². The van der Waals surface area contributed by atoms with Crippen LogP contribution in [0, 0.1) is 5.82 Å². The maximum atomic E-state index is 13.4. The number of phenols is 1. The first-order chi connectivity index (χ1) is 7.11. The van der Waals surface area contributed by atoms with E-state index >= 15 is 0 Å². The number of nitrogens with two attached hydrogens (primary N) is 1. The van der Waals surface area contributed by atoms with Crippen molar-refractivity contribution in [2.45, 2.75) is 6.42 Å². The second kappa shape index (κ2) is 5.29. The second-order valence-corrected chi connectivity index (χ2v) is 3.68. The van der Waals surface area contributed by atoms with E-state index in [4.69, 9.17) is 10.6 Å². The molecule has 0 bridgehead atoms. The van der Waals surface area contributed by atoms with E-state index in [0.29, 0.717) is 4.47 Å². The van der Waals surface area contributed by atoms with Gasteiger partial charge in [-0.1, -0.05) is 0 Å². The molecule has 4 nitrogen and oxygen atoms in total. The minimum atomic E-state index is -0.530. The van der Waals surface area contributed by atoms with Crippen LogP contribution in [0.25, 0.3) is 0 Å². The standard InChI is InChI=1S/C9H11BrFNO3/c1-14-9-6(10)4-7(11)5(8(9)13)2-3-15-12/h4,13H,2-3,12H2,1H3. The van der Waals surface area contributed by atoms with Crippen molar-refractivity contribution in [1.29, 1.82) is 0 Å². The van der Waals surface area contributed by atoms with Crippen LogP contribution in [-0.4, -0.2) is 18.8 Å². The monoisotopic (exact) mass is 279 g/mol. The Kier molecular flexibility index (Phi) is 4.31. The topological polar surface area (TPSA) is 64.7 Å². The third-order valence-corrected chi connectivity index (χ3v) is 2.52. The van der Waals surface area contributed by atoms with Crippen molar-refractivity contribution in [3.05, 3.63) is 21.9 Å². The Hall–Kier alpha value is -0.850. The third-order valence-electron chi connectivity index (χ3n) is 1.93. The van der Waals surface area contributed by atoms with Gasteiger partial charge in [0.2, 0.25) is 0 Å². The number of aromatic hydroxyl groups is 1. The van der Waals surface area contributed by atoms with Gasteiger partial charge in [0.15, 0.2) is 11.5 Å². The number of rotatable bonds is 4. The van der Waals surface area contributed by atoms with E-state index in [0.717, 1.165) is 0 Å². The second-order valence-electron chi connectivity index (χ2n) is 2.82. The quantitative estimate of drug-likeness (QED) is 0.824. The fourth-order valence-corrected chi connectivity index (χ4v) is 1.77. The van der Waals surface area contributed by atoms with Crippen molar-refractivity contribution in [2.24, 2.45) is 5.90 Å². The van der Waals surface area contributed by atoms with Crippen molar-refractivity contribution in [3.8, 4) is 11.5 Å². The Morgan fingerprint density at radius 2 is 2.27 bits per heavy atom. The summed E-state index contributed by atoms with van der Waals surface area (Å²) in [6.07, 6.45) is 0.178. The van der Waals surface area contributed by atoms with Crippen molar-refractivity contribution in [3.63, 3.8) is 0 Å². The summed E-state index contributed by atoms with van der Waals surface area (Å²) in [5.74, 6) is 4.26. The Balaban J connectivity index is 3.14. The first-order valence-corrected chi connectivity index (χ1v) is 4.96. The van der Waals surface area contributed by atoms with E-state index in [2.05, 4.69) is 20.8 Å². The fraction of sp³-hybridized carbons (Fsp3) is 0.333. The molecule has 0 aliphatic heterocycles. The Morgan fingerprint density at radius 3 is 2.80 bits per heavy atom. The van der Waals surface area contributed by atoms with Gasteiger partial charge in [0.25, 0.3) is 0 Å². The molecule has 6 heteroatoms. The van der Waals surface area contributed by atoms with Gasteiger partial charge in [-0.3, -0.25) is 0 Å². The molecule has 1 aromatic rings. The molecular formula is C9H11BrFNO3. The molecule has 0 atom stereocenters. The van der Waals surface area contributed by atoms with E-state index < -0.39 is 5.82 Å². The van der Waals surface area contributed by atoms with Crippen LogP contribution in [0.4, 0.5) is 4.39 Å². The highest BCUT2D eigenvalue weighted by atomic mass is 79.9. The van der Waals surface area contributed by atoms with Crippen molar-refractivity contribution >= 4 is 15.9 Å². The molecule has 0 amide bonds. The average Bonchev–Trinajstić information content (AvgIpc) is 2.17. The average molecular weight is 280 g/mol. The van der Waals surface area contributed by atoms with Gasteiger partial charge >= 0.3 is 0 Å². The number of methoxy groups -OCH3 is 1. The molecule has 15 heavy (non-hydrogen) atoms. The maximum absolute atomic E-state index is 13.4. The Labute approximate surface area is 94.9 Å². The lowest BCUT2D eigenvalue weighted by atomic mass is 10.1. The molecule has 0 fully saturated rings. The third kappa shape index (κ3) is 2.58. The summed E-state index contributed by atoms with van der Waals surface area (Å²) in [6, 6.07) is 1.23. The minimum Gasteiger partial charge on any atom is -0.504 e. The van der Waals surface area contributed by atoms with Gasteiger partial charge in [0, 0.05) is 12.0 Å². The lowest BCUT2D eigenvalue weighted by molar-refractivity contribution is 0.140. The van der Waals surface area contributed by atoms with Gasteiger partial charge in [0.1, 0.15) is 5.82 Å². The van der Waals surface area contributed by atoms with Gasteiger partial charge in [0.05, 0.1) is 18.2 Å². The maximum Gasteiger partial charge on any atom is 0.175 e. The van der Waals surface area contributed by atoms with Gasteiger partial charge in [-0.05, 0) is 22.0 Å². The van der Waals surface area contributed by atoms with E-state index in [1.165, 1.54) is 13.2 Å². The summed E-state index contributed by atoms with van der Waals surface area (Å²) < 4.78 is 18.7. The van der Waals surface area contributed by atoms with E-state index in [9.17, 15) is 9.50 Å². The Bertz CT molecular complexity index is 360. The minimum absolute atomic E-state index is 0.120. The summed E-state index contributed by atoms with van der Waals surface area (Å²) in [4.78, 5) is 4.33. The van der Waals surface area contributed by atoms with Gasteiger partial charge < -0.3 is 14.7 Å². The van der Waals surface area contributed by atoms with Crippen molar-refractivity contribution in [2.75, 3.05) is 13.7 Å². The number of benzene rings is 1. The highest BCUT2D eigenvalue weighted by Gasteiger charge is 2.16. The molecule has 84 valence electrons. The lowest BCUT2D eigenvalue weighted by Crippen LogP contribution is -2.06. The van der Waals surface area contributed by atoms with Gasteiger partial charge in [-0.25, -0.2) is 10.3 Å². The zero-order valence-electron chi connectivity index (χ0n) is 8.09. The van der Waals surface area contributed by atoms with Crippen LogP contribution >= 0.6 is 15.9 Å². The van der Waals surface area contributed by atoms with Crippen molar-refractivity contribution < 1.29 is 19.1 Å². The predicted molar refractivity (Wildman–Crippen MR) is 56.2 cm³/mol. The molecule has 0 saturated heterocycles. The van der Waals surface area contributed by atoms with Crippen LogP contribution in [0.3, 0.4) is 0 Å². The van der Waals surface area contributed by atoms with Crippen molar-refractivity contribution in [1.82, 2.24) is 0 Å². The molecule has 0 aliphatic carbocycles. The summed E-state index contributed by atoms with van der Waals surface area (Å²) in [5, 5.41) is 9.69. The number of hydrogen-bond donors (Lipinski definition) is 2. The molecule has 0 spiro atoms. The van der Waals surface area contributed by atoms with Crippen LogP contribution in [0.1, 0.15) is 5.56 Å². The summed E-state index contributed by atoms with van der Waals surface area (Å²) in [5.41, 5.74) is 0.125. The summed E-state index contributed by atoms with van der Waals surface area (Å²) in [6.45, 7) is 0.120. The first kappa shape index (κ1) is 12.2. The molecule has 0 heterocycles. The molecule has 0 aromatic heterocycles. The van der Waals surface area contributed by atoms with Gasteiger partial charge in [-0.2, -0.15) is 0 Å². The van der Waals surface area contributed by atoms with E-state index in [1.807, 2.05) is 0 Å². The number of halogens is 2. The zero-order chi connectivity index (χ0) is 11.4. The fourth-order valence-electron chi connectivity index (χ4n) is 1.22. The lowest BCUT2D eigenvalue weighted by Gasteiger charge is -2.11. The van der Waals surface area contributed by atoms with Crippen LogP contribution in [0.5, 0.6) is 11.5 Å². The number of phenolic OH excluding ortho intramolecular Hbond substituents is 1. The highest BCUT2D eigenvalue weighted by molar-refractivity contribution is 9.10. The molecule has 0 unspecified atom stereocenters. The molecule has 1 aromatic carbocycles. The molecule has 3 N–H and O–H groups in total. The largest absolute Gasteiger partial charge is 0.504 e. The zero-order valence-corrected chi connectivity index (χ0v) is 9.67. The van der Waals surface area contributed by atoms with Crippen LogP contribution in [0.15, 0.2) is 10.5 Å². The van der Waals surface area contributed by atoms with Crippen LogP contribution in [0.2, 0.25) is 0 Å². The van der Waals surface area contributed by atoms with E-state index in [1.54, 1.807) is 0 Å². The highest BCUT2D eigenvalue weighted by Crippen LogP contribution is 2.38. The van der Waals surface area contributed by atoms with Crippen LogP contribution < -0.4 is 10.6 Å². The van der Waals surface area contributed by atoms with E-state index in [-0.39, 0.29) is 30.1 Å².